The van der Waals surface area contributed by atoms with Crippen molar-refractivity contribution in [1.82, 2.24) is 24.7 Å². The number of aromatic nitrogens is 2. The molecule has 0 atom stereocenters. The predicted molar refractivity (Wildman–Crippen MR) is 94.2 cm³/mol. The van der Waals surface area contributed by atoms with Crippen LogP contribution >= 0.6 is 0 Å². The van der Waals surface area contributed by atoms with Gasteiger partial charge in [-0.2, -0.15) is 0 Å². The third kappa shape index (κ3) is 4.42. The Morgan fingerprint density at radius 3 is 2.17 bits per heavy atom. The van der Waals surface area contributed by atoms with Gasteiger partial charge in [-0.25, -0.2) is 9.97 Å². The maximum atomic E-state index is 12.5. The minimum Gasteiger partial charge on any atom is -0.355 e. The maximum Gasteiger partial charge on any atom is 0.257 e. The van der Waals surface area contributed by atoms with E-state index in [1.807, 2.05) is 11.8 Å². The average molecular weight is 332 g/mol. The highest BCUT2D eigenvalue weighted by molar-refractivity contribution is 5.93. The van der Waals surface area contributed by atoms with Gasteiger partial charge in [0, 0.05) is 58.2 Å². The molecule has 24 heavy (non-hydrogen) atoms. The number of hydrogen-bond donors (Lipinski definition) is 1. The third-order valence-electron chi connectivity index (χ3n) is 4.82. The summed E-state index contributed by atoms with van der Waals surface area (Å²) in [6, 6.07) is 0. The van der Waals surface area contributed by atoms with Gasteiger partial charge >= 0.3 is 0 Å². The molecule has 2 fully saturated rings. The van der Waals surface area contributed by atoms with E-state index in [0.29, 0.717) is 11.5 Å². The first-order valence-electron chi connectivity index (χ1n) is 9.06. The Bertz CT molecular complexity index is 520. The molecule has 0 radical (unpaired) electrons. The lowest BCUT2D eigenvalue weighted by Crippen LogP contribution is -2.50. The minimum absolute atomic E-state index is 0.0391. The number of piperazine rings is 1. The summed E-state index contributed by atoms with van der Waals surface area (Å²) in [4.78, 5) is 27.8. The smallest absolute Gasteiger partial charge is 0.257 e. The van der Waals surface area contributed by atoms with Crippen LogP contribution in [0.15, 0.2) is 12.4 Å². The molecule has 0 spiro atoms. The van der Waals surface area contributed by atoms with Crippen LogP contribution in [0.4, 0.5) is 5.95 Å². The Morgan fingerprint density at radius 2 is 1.58 bits per heavy atom. The Kier molecular flexibility index (Phi) is 5.98. The monoisotopic (exact) mass is 332 g/mol. The Hall–Kier alpha value is -1.73. The van der Waals surface area contributed by atoms with Crippen LogP contribution in [0.3, 0.4) is 0 Å². The molecule has 2 aliphatic heterocycles. The molecule has 1 aromatic heterocycles. The summed E-state index contributed by atoms with van der Waals surface area (Å²) < 4.78 is 0. The van der Waals surface area contributed by atoms with Crippen molar-refractivity contribution < 1.29 is 4.79 Å². The van der Waals surface area contributed by atoms with E-state index in [9.17, 15) is 4.79 Å². The van der Waals surface area contributed by atoms with Gasteiger partial charge in [0.1, 0.15) is 0 Å². The largest absolute Gasteiger partial charge is 0.355 e. The second-order valence-corrected chi connectivity index (χ2v) is 6.51. The molecule has 0 aromatic carbocycles. The Morgan fingerprint density at radius 1 is 1.00 bits per heavy atom. The molecule has 0 aliphatic carbocycles. The number of amides is 1. The number of nitrogens with zero attached hydrogens (tertiary/aromatic N) is 5. The lowest BCUT2D eigenvalue weighted by molar-refractivity contribution is 0.0626. The number of anilines is 1. The summed E-state index contributed by atoms with van der Waals surface area (Å²) in [6.07, 6.45) is 5.92. The summed E-state index contributed by atoms with van der Waals surface area (Å²) in [6.45, 7) is 11.0. The van der Waals surface area contributed by atoms with Crippen molar-refractivity contribution in [3.63, 3.8) is 0 Å². The number of likely N-dealkylation sites (tertiary alicyclic amines) is 1. The van der Waals surface area contributed by atoms with Crippen LogP contribution < -0.4 is 5.32 Å². The minimum atomic E-state index is 0.0391. The number of nitrogens with one attached hydrogen (secondary N) is 1. The number of hydrogen-bond acceptors (Lipinski definition) is 6. The fourth-order valence-corrected chi connectivity index (χ4v) is 3.33. The van der Waals surface area contributed by atoms with Crippen LogP contribution in [0.5, 0.6) is 0 Å². The van der Waals surface area contributed by atoms with Gasteiger partial charge in [-0.3, -0.25) is 9.69 Å². The van der Waals surface area contributed by atoms with Crippen molar-refractivity contribution in [1.29, 1.82) is 0 Å². The van der Waals surface area contributed by atoms with Crippen molar-refractivity contribution in [2.45, 2.75) is 19.8 Å². The molecule has 7 nitrogen and oxygen atoms in total. The van der Waals surface area contributed by atoms with Crippen molar-refractivity contribution >= 4 is 11.9 Å². The third-order valence-corrected chi connectivity index (χ3v) is 4.82. The zero-order chi connectivity index (χ0) is 16.8. The van der Waals surface area contributed by atoms with Crippen molar-refractivity contribution in [2.24, 2.45) is 0 Å². The summed E-state index contributed by atoms with van der Waals surface area (Å²) in [5, 5.41) is 3.04. The second-order valence-electron chi connectivity index (χ2n) is 6.51. The zero-order valence-electron chi connectivity index (χ0n) is 14.6. The highest BCUT2D eigenvalue weighted by Gasteiger charge is 2.23. The van der Waals surface area contributed by atoms with Crippen molar-refractivity contribution in [3.05, 3.63) is 18.0 Å². The fraction of sp³-hybridized carbons (Fsp3) is 0.706. The second kappa shape index (κ2) is 8.39. The first-order chi connectivity index (χ1) is 11.8. The van der Waals surface area contributed by atoms with Crippen LogP contribution in [0, 0.1) is 0 Å². The first-order valence-corrected chi connectivity index (χ1v) is 9.06. The standard InChI is InChI=1S/C17H28N6O/c1-2-18-17-19-13-15(14-20-17)16(24)23-11-9-22(10-12-23)8-7-21-5-3-4-6-21/h13-14H,2-12H2,1H3,(H,18,19,20). The number of rotatable bonds is 6. The molecule has 3 heterocycles. The lowest BCUT2D eigenvalue weighted by atomic mass is 10.2. The molecule has 2 aliphatic rings. The molecule has 0 unspecified atom stereocenters. The highest BCUT2D eigenvalue weighted by Crippen LogP contribution is 2.10. The first kappa shape index (κ1) is 17.1. The molecular formula is C17H28N6O. The molecule has 132 valence electrons. The normalized spacial score (nSPS) is 19.6. The summed E-state index contributed by atoms with van der Waals surface area (Å²) in [5.41, 5.74) is 0.571. The molecule has 0 bridgehead atoms. The van der Waals surface area contributed by atoms with E-state index in [4.69, 9.17) is 0 Å². The van der Waals surface area contributed by atoms with Gasteiger partial charge in [0.15, 0.2) is 0 Å². The molecule has 0 saturated carbocycles. The highest BCUT2D eigenvalue weighted by atomic mass is 16.2. The van der Waals surface area contributed by atoms with E-state index in [0.717, 1.165) is 45.8 Å². The van der Waals surface area contributed by atoms with Crippen LogP contribution in [-0.4, -0.2) is 89.5 Å². The van der Waals surface area contributed by atoms with Crippen LogP contribution in [-0.2, 0) is 0 Å². The van der Waals surface area contributed by atoms with Gasteiger partial charge in [0.2, 0.25) is 5.95 Å². The topological polar surface area (TPSA) is 64.6 Å². The van der Waals surface area contributed by atoms with Gasteiger partial charge in [0.05, 0.1) is 5.56 Å². The summed E-state index contributed by atoms with van der Waals surface area (Å²) >= 11 is 0. The maximum absolute atomic E-state index is 12.5. The van der Waals surface area contributed by atoms with Crippen molar-refractivity contribution in [2.75, 3.05) is 64.2 Å². The van der Waals surface area contributed by atoms with E-state index in [1.54, 1.807) is 12.4 Å². The van der Waals surface area contributed by atoms with E-state index < -0.39 is 0 Å². The molecule has 3 rings (SSSR count). The van der Waals surface area contributed by atoms with E-state index >= 15 is 0 Å². The molecule has 2 saturated heterocycles. The lowest BCUT2D eigenvalue weighted by Gasteiger charge is -2.35. The fourth-order valence-electron chi connectivity index (χ4n) is 3.33. The van der Waals surface area contributed by atoms with Crippen molar-refractivity contribution in [3.8, 4) is 0 Å². The van der Waals surface area contributed by atoms with E-state index in [-0.39, 0.29) is 5.91 Å². The molecule has 7 heteroatoms. The van der Waals surface area contributed by atoms with Crippen LogP contribution in [0.1, 0.15) is 30.1 Å². The van der Waals surface area contributed by atoms with Gasteiger partial charge in [-0.05, 0) is 32.9 Å². The number of carbonyl (C=O) groups is 1. The summed E-state index contributed by atoms with van der Waals surface area (Å²) in [5.74, 6) is 0.609. The molecule has 1 N–H and O–H groups in total. The predicted octanol–water partition coefficient (Wildman–Crippen LogP) is 0.762. The quantitative estimate of drug-likeness (QED) is 0.830. The Labute approximate surface area is 144 Å². The SMILES string of the molecule is CCNc1ncc(C(=O)N2CCN(CCN3CCCC3)CC2)cn1. The van der Waals surface area contributed by atoms with Crippen LogP contribution in [0.25, 0.3) is 0 Å². The summed E-state index contributed by atoms with van der Waals surface area (Å²) in [7, 11) is 0. The molecular weight excluding hydrogens is 304 g/mol. The van der Waals surface area contributed by atoms with Crippen LogP contribution in [0.2, 0.25) is 0 Å². The van der Waals surface area contributed by atoms with Gasteiger partial charge in [0.25, 0.3) is 5.91 Å². The average Bonchev–Trinajstić information content (AvgIpc) is 3.14. The molecule has 1 aromatic rings. The van der Waals surface area contributed by atoms with Gasteiger partial charge < -0.3 is 15.1 Å². The zero-order valence-corrected chi connectivity index (χ0v) is 14.6. The van der Waals surface area contributed by atoms with Gasteiger partial charge in [-0.1, -0.05) is 0 Å². The molecule has 1 amide bonds. The van der Waals surface area contributed by atoms with E-state index in [1.165, 1.54) is 25.9 Å². The number of carbonyl (C=O) groups excluding carboxylic acids is 1. The van der Waals surface area contributed by atoms with Gasteiger partial charge in [-0.15, -0.1) is 0 Å². The van der Waals surface area contributed by atoms with E-state index in [2.05, 4.69) is 25.1 Å². The Balaban J connectivity index is 1.44.